The van der Waals surface area contributed by atoms with Crippen LogP contribution >= 0.6 is 0 Å². The number of benzene rings is 2. The third-order valence-electron chi connectivity index (χ3n) is 4.29. The van der Waals surface area contributed by atoms with Gasteiger partial charge in [-0.1, -0.05) is 61.4 Å². The number of aliphatic imine (C=N–C) groups is 1. The van der Waals surface area contributed by atoms with E-state index < -0.39 is 0 Å². The van der Waals surface area contributed by atoms with Gasteiger partial charge >= 0.3 is 0 Å². The predicted molar refractivity (Wildman–Crippen MR) is 97.5 cm³/mol. The van der Waals surface area contributed by atoms with Crippen molar-refractivity contribution in [3.05, 3.63) is 70.8 Å². The highest BCUT2D eigenvalue weighted by molar-refractivity contribution is 6.11. The predicted octanol–water partition coefficient (Wildman–Crippen LogP) is 5.46. The van der Waals surface area contributed by atoms with Crippen LogP contribution in [0.4, 0.5) is 0 Å². The summed E-state index contributed by atoms with van der Waals surface area (Å²) in [7, 11) is 1.69. The van der Waals surface area contributed by atoms with E-state index in [-0.39, 0.29) is 0 Å². The van der Waals surface area contributed by atoms with Gasteiger partial charge in [0.15, 0.2) is 0 Å². The molecule has 23 heavy (non-hydrogen) atoms. The van der Waals surface area contributed by atoms with Gasteiger partial charge in [0.25, 0.3) is 0 Å². The maximum Gasteiger partial charge on any atom is 0.221 e. The smallest absolute Gasteiger partial charge is 0.221 e. The maximum absolute atomic E-state index is 5.49. The van der Waals surface area contributed by atoms with Crippen molar-refractivity contribution < 1.29 is 4.74 Å². The number of nitrogens with zero attached hydrogens (tertiary/aromatic N) is 1. The van der Waals surface area contributed by atoms with Gasteiger partial charge in [-0.2, -0.15) is 0 Å². The number of unbranched alkanes of at least 4 members (excludes halogenated alkanes) is 1. The topological polar surface area (TPSA) is 21.6 Å². The summed E-state index contributed by atoms with van der Waals surface area (Å²) in [5.74, 6) is 0.719. The van der Waals surface area contributed by atoms with Gasteiger partial charge in [0.05, 0.1) is 12.8 Å². The fourth-order valence-corrected chi connectivity index (χ4v) is 2.99. The molecule has 0 spiro atoms. The maximum atomic E-state index is 5.49. The molecule has 0 radical (unpaired) electrons. The molecule has 1 heterocycles. The molecule has 0 atom stereocenters. The largest absolute Gasteiger partial charge is 0.481 e. The normalized spacial score (nSPS) is 15.2. The van der Waals surface area contributed by atoms with Crippen molar-refractivity contribution in [2.24, 2.45) is 4.99 Å². The van der Waals surface area contributed by atoms with Crippen LogP contribution in [-0.4, -0.2) is 13.0 Å². The summed E-state index contributed by atoms with van der Waals surface area (Å²) in [4.78, 5) is 4.80. The van der Waals surface area contributed by atoms with Crippen molar-refractivity contribution in [2.45, 2.75) is 33.1 Å². The molecular weight excluding hydrogens is 282 g/mol. The van der Waals surface area contributed by atoms with Gasteiger partial charge in [-0.3, -0.25) is 0 Å². The minimum atomic E-state index is 0.719. The van der Waals surface area contributed by atoms with Crippen molar-refractivity contribution in [3.63, 3.8) is 0 Å². The first-order chi connectivity index (χ1) is 11.2. The van der Waals surface area contributed by atoms with Crippen molar-refractivity contribution in [3.8, 4) is 0 Å². The number of aryl methyl sites for hydroxylation is 1. The third kappa shape index (κ3) is 3.07. The number of hydrogen-bond acceptors (Lipinski definition) is 2. The van der Waals surface area contributed by atoms with Gasteiger partial charge in [-0.25, -0.2) is 4.99 Å². The van der Waals surface area contributed by atoms with Gasteiger partial charge in [0.1, 0.15) is 0 Å². The zero-order valence-corrected chi connectivity index (χ0v) is 14.1. The lowest BCUT2D eigenvalue weighted by molar-refractivity contribution is 0.406. The van der Waals surface area contributed by atoms with E-state index in [0.717, 1.165) is 30.0 Å². The van der Waals surface area contributed by atoms with Gasteiger partial charge in [-0.15, -0.1) is 0 Å². The minimum absolute atomic E-state index is 0.719. The van der Waals surface area contributed by atoms with E-state index in [1.165, 1.54) is 28.7 Å². The Labute approximate surface area is 138 Å². The van der Waals surface area contributed by atoms with Crippen LogP contribution in [0.15, 0.2) is 53.5 Å². The molecule has 2 aromatic rings. The zero-order valence-electron chi connectivity index (χ0n) is 14.1. The Morgan fingerprint density at radius 1 is 1.00 bits per heavy atom. The summed E-state index contributed by atoms with van der Waals surface area (Å²) in [5, 5.41) is 0. The number of methoxy groups -OCH3 is 1. The van der Waals surface area contributed by atoms with Crippen LogP contribution in [0.25, 0.3) is 11.3 Å². The van der Waals surface area contributed by atoms with Gasteiger partial charge in [-0.05, 0) is 37.0 Å². The van der Waals surface area contributed by atoms with Crippen molar-refractivity contribution in [1.29, 1.82) is 0 Å². The van der Waals surface area contributed by atoms with E-state index in [4.69, 9.17) is 9.73 Å². The van der Waals surface area contributed by atoms with E-state index >= 15 is 0 Å². The molecule has 0 aromatic heterocycles. The number of allylic oxidation sites excluding steroid dienone is 1. The van der Waals surface area contributed by atoms with Gasteiger partial charge < -0.3 is 4.74 Å². The molecule has 0 unspecified atom stereocenters. The number of ether oxygens (including phenoxy) is 1. The lowest BCUT2D eigenvalue weighted by atomic mass is 9.94. The van der Waals surface area contributed by atoms with Crippen LogP contribution in [0.2, 0.25) is 0 Å². The lowest BCUT2D eigenvalue weighted by Crippen LogP contribution is -1.99. The van der Waals surface area contributed by atoms with Crippen LogP contribution in [-0.2, 0) is 4.74 Å². The Balaban J connectivity index is 2.16. The second-order valence-electron chi connectivity index (χ2n) is 5.96. The summed E-state index contributed by atoms with van der Waals surface area (Å²) < 4.78 is 5.49. The van der Waals surface area contributed by atoms with E-state index in [1.807, 2.05) is 6.07 Å². The molecular formula is C21H23NO. The zero-order chi connectivity index (χ0) is 16.2. The molecule has 0 bridgehead atoms. The van der Waals surface area contributed by atoms with Crippen LogP contribution in [0.5, 0.6) is 0 Å². The second-order valence-corrected chi connectivity index (χ2v) is 5.96. The number of rotatable bonds is 4. The quantitative estimate of drug-likeness (QED) is 0.735. The lowest BCUT2D eigenvalue weighted by Gasteiger charge is -2.11. The van der Waals surface area contributed by atoms with Crippen molar-refractivity contribution in [1.82, 2.24) is 0 Å². The Bertz CT molecular complexity index is 754. The van der Waals surface area contributed by atoms with Crippen molar-refractivity contribution >= 4 is 17.2 Å². The second kappa shape index (κ2) is 6.82. The molecule has 0 N–H and O–H groups in total. The van der Waals surface area contributed by atoms with Crippen LogP contribution in [0.1, 0.15) is 48.4 Å². The average molecular weight is 305 g/mol. The van der Waals surface area contributed by atoms with E-state index in [0.29, 0.717) is 0 Å². The van der Waals surface area contributed by atoms with E-state index in [1.54, 1.807) is 7.11 Å². The minimum Gasteiger partial charge on any atom is -0.481 e. The van der Waals surface area contributed by atoms with Crippen molar-refractivity contribution in [2.75, 3.05) is 7.11 Å². The fourth-order valence-electron chi connectivity index (χ4n) is 2.99. The van der Waals surface area contributed by atoms with Crippen LogP contribution in [0, 0.1) is 6.92 Å². The first kappa shape index (κ1) is 15.5. The Kier molecular flexibility index (Phi) is 4.61. The molecule has 1 aliphatic heterocycles. The van der Waals surface area contributed by atoms with E-state index in [9.17, 15) is 0 Å². The van der Waals surface area contributed by atoms with Gasteiger partial charge in [0, 0.05) is 11.1 Å². The molecule has 3 rings (SSSR count). The molecule has 0 saturated carbocycles. The molecule has 118 valence electrons. The summed E-state index contributed by atoms with van der Waals surface area (Å²) in [6.07, 6.45) is 3.36. The number of fused-ring (bicyclic) bond motifs is 1. The highest BCUT2D eigenvalue weighted by Crippen LogP contribution is 2.37. The number of hydrogen-bond donors (Lipinski definition) is 0. The molecule has 2 aromatic carbocycles. The summed E-state index contributed by atoms with van der Waals surface area (Å²) in [6.45, 7) is 4.35. The molecule has 0 saturated heterocycles. The first-order valence-electron chi connectivity index (χ1n) is 8.27. The van der Waals surface area contributed by atoms with E-state index in [2.05, 4.69) is 56.3 Å². The van der Waals surface area contributed by atoms with Crippen LogP contribution < -0.4 is 0 Å². The van der Waals surface area contributed by atoms with Gasteiger partial charge in [0.2, 0.25) is 5.90 Å². The highest BCUT2D eigenvalue weighted by atomic mass is 16.5. The molecule has 1 aliphatic rings. The Hall–Kier alpha value is -2.35. The fraction of sp³-hybridized carbons (Fsp3) is 0.286. The molecule has 0 amide bonds. The molecule has 2 heteroatoms. The third-order valence-corrected chi connectivity index (χ3v) is 4.29. The molecule has 0 aliphatic carbocycles. The summed E-state index contributed by atoms with van der Waals surface area (Å²) >= 11 is 0. The standard InChI is InChI=1S/C21H23NO/c1-4-5-8-17(16-13-11-15(2)12-14-16)20-18-9-6-7-10-19(18)21(22-20)23-3/h6-7,9-14H,4-5,8H2,1-3H3/b20-17+. The monoisotopic (exact) mass is 305 g/mol. The van der Waals surface area contributed by atoms with Crippen LogP contribution in [0.3, 0.4) is 0 Å². The highest BCUT2D eigenvalue weighted by Gasteiger charge is 2.23. The summed E-state index contributed by atoms with van der Waals surface area (Å²) in [6, 6.07) is 17.1. The Morgan fingerprint density at radius 2 is 1.70 bits per heavy atom. The SMILES string of the molecule is CCCC/C(=C1\N=C(OC)c2ccccc21)c1ccc(C)cc1. The molecule has 2 nitrogen and oxygen atoms in total. The summed E-state index contributed by atoms with van der Waals surface area (Å²) in [5.41, 5.74) is 7.18. The average Bonchev–Trinajstić information content (AvgIpc) is 2.96. The first-order valence-corrected chi connectivity index (χ1v) is 8.27. The Morgan fingerprint density at radius 3 is 2.35 bits per heavy atom. The molecule has 0 fully saturated rings.